The van der Waals surface area contributed by atoms with E-state index in [0.717, 1.165) is 51.4 Å². The minimum atomic E-state index is -1.21. The number of nitrogens with two attached hydrogens (primary N) is 1. The molecule has 202 valence electrons. The molecule has 2 aromatic carbocycles. The first kappa shape index (κ1) is 27.6. The lowest BCUT2D eigenvalue weighted by Gasteiger charge is -2.44. The van der Waals surface area contributed by atoms with Crippen molar-refractivity contribution in [2.75, 3.05) is 26.8 Å². The molecule has 2 aliphatic rings. The predicted molar refractivity (Wildman–Crippen MR) is 142 cm³/mol. The highest BCUT2D eigenvalue weighted by atomic mass is 19.1. The van der Waals surface area contributed by atoms with E-state index in [0.29, 0.717) is 43.2 Å². The number of nitrogens with zero attached hydrogens (tertiary/aromatic N) is 1. The second-order valence-corrected chi connectivity index (χ2v) is 10.7. The Kier molecular flexibility index (Phi) is 9.57. The van der Waals surface area contributed by atoms with Gasteiger partial charge in [0.25, 0.3) is 0 Å². The number of amides is 1. The van der Waals surface area contributed by atoms with Crippen LogP contribution in [-0.2, 0) is 15.1 Å². The smallest absolute Gasteiger partial charge is 0.225 e. The molecular weight excluding hydrogens is 471 g/mol. The fourth-order valence-corrected chi connectivity index (χ4v) is 6.05. The van der Waals surface area contributed by atoms with Gasteiger partial charge in [0, 0.05) is 56.3 Å². The van der Waals surface area contributed by atoms with E-state index < -0.39 is 5.60 Å². The number of aliphatic hydroxyl groups is 1. The van der Waals surface area contributed by atoms with Crippen LogP contribution in [0, 0.1) is 17.7 Å². The summed E-state index contributed by atoms with van der Waals surface area (Å²) in [6.45, 7) is 1.83. The number of carbonyl (C=O) groups is 1. The molecule has 0 bridgehead atoms. The molecule has 1 amide bonds. The highest BCUT2D eigenvalue weighted by Gasteiger charge is 2.43. The van der Waals surface area contributed by atoms with Gasteiger partial charge in [0.2, 0.25) is 5.91 Å². The lowest BCUT2D eigenvalue weighted by atomic mass is 9.73. The van der Waals surface area contributed by atoms with Crippen LogP contribution in [0.3, 0.4) is 0 Å². The molecule has 3 N–H and O–H groups in total. The van der Waals surface area contributed by atoms with E-state index >= 15 is 0 Å². The Bertz CT molecular complexity index is 1030. The summed E-state index contributed by atoms with van der Waals surface area (Å²) in [5.74, 6) is 0.495. The summed E-state index contributed by atoms with van der Waals surface area (Å²) in [7, 11) is 1.68. The fourth-order valence-electron chi connectivity index (χ4n) is 6.05. The van der Waals surface area contributed by atoms with Crippen LogP contribution in [-0.4, -0.2) is 48.8 Å². The Hall–Kier alpha value is -2.48. The molecule has 0 spiro atoms. The molecule has 7 heteroatoms. The van der Waals surface area contributed by atoms with Crippen LogP contribution in [0.5, 0.6) is 11.5 Å². The average Bonchev–Trinajstić information content (AvgIpc) is 2.91. The monoisotopic (exact) mass is 512 g/mol. The number of hydrogen-bond acceptors (Lipinski definition) is 5. The minimum absolute atomic E-state index is 0.0270. The number of rotatable bonds is 10. The van der Waals surface area contributed by atoms with Gasteiger partial charge in [-0.15, -0.1) is 0 Å². The first-order valence-corrected chi connectivity index (χ1v) is 13.7. The van der Waals surface area contributed by atoms with Crippen LogP contribution in [0.4, 0.5) is 4.39 Å². The quantitative estimate of drug-likeness (QED) is 0.418. The highest BCUT2D eigenvalue weighted by molar-refractivity contribution is 5.79. The number of benzene rings is 2. The van der Waals surface area contributed by atoms with Crippen LogP contribution in [0.2, 0.25) is 0 Å². The van der Waals surface area contributed by atoms with Gasteiger partial charge in [-0.1, -0.05) is 30.7 Å². The van der Waals surface area contributed by atoms with Crippen LogP contribution in [0.1, 0.15) is 63.4 Å². The van der Waals surface area contributed by atoms with Crippen LogP contribution in [0.25, 0.3) is 0 Å². The molecule has 2 fully saturated rings. The molecule has 0 radical (unpaired) electrons. The fraction of sp³-hybridized carbons (Fsp3) is 0.567. The van der Waals surface area contributed by atoms with Gasteiger partial charge >= 0.3 is 0 Å². The van der Waals surface area contributed by atoms with Crippen molar-refractivity contribution in [3.8, 4) is 11.5 Å². The molecule has 1 saturated carbocycles. The van der Waals surface area contributed by atoms with Crippen molar-refractivity contribution in [3.05, 3.63) is 59.9 Å². The van der Waals surface area contributed by atoms with Gasteiger partial charge in [-0.25, -0.2) is 4.39 Å². The maximum absolute atomic E-state index is 13.8. The highest BCUT2D eigenvalue weighted by Crippen LogP contribution is 2.44. The van der Waals surface area contributed by atoms with Crippen molar-refractivity contribution in [3.63, 3.8) is 0 Å². The number of para-hydroxylation sites is 1. The molecule has 1 saturated heterocycles. The van der Waals surface area contributed by atoms with E-state index in [-0.39, 0.29) is 29.6 Å². The number of unbranched alkanes of at least 4 members (excludes halogenated alkanes) is 1. The van der Waals surface area contributed by atoms with Crippen molar-refractivity contribution in [2.45, 2.75) is 69.4 Å². The van der Waals surface area contributed by atoms with E-state index in [1.807, 2.05) is 29.2 Å². The average molecular weight is 513 g/mol. The topological polar surface area (TPSA) is 85.0 Å². The van der Waals surface area contributed by atoms with E-state index in [2.05, 4.69) is 0 Å². The van der Waals surface area contributed by atoms with Crippen molar-refractivity contribution in [1.29, 1.82) is 0 Å². The number of halogens is 1. The van der Waals surface area contributed by atoms with E-state index in [1.165, 1.54) is 12.1 Å². The summed E-state index contributed by atoms with van der Waals surface area (Å²) in [6, 6.07) is 13.6. The third-order valence-electron chi connectivity index (χ3n) is 8.01. The summed E-state index contributed by atoms with van der Waals surface area (Å²) < 4.78 is 25.2. The number of hydrogen-bond donors (Lipinski definition) is 2. The molecule has 0 aromatic heterocycles. The van der Waals surface area contributed by atoms with Crippen LogP contribution in [0.15, 0.2) is 48.5 Å². The molecule has 37 heavy (non-hydrogen) atoms. The Morgan fingerprint density at radius 1 is 1.14 bits per heavy atom. The second kappa shape index (κ2) is 12.9. The third-order valence-corrected chi connectivity index (χ3v) is 8.01. The lowest BCUT2D eigenvalue weighted by molar-refractivity contribution is -0.142. The van der Waals surface area contributed by atoms with Gasteiger partial charge in [-0.3, -0.25) is 4.79 Å². The summed E-state index contributed by atoms with van der Waals surface area (Å²) in [5, 5.41) is 12.4. The first-order valence-electron chi connectivity index (χ1n) is 13.7. The Morgan fingerprint density at radius 2 is 1.97 bits per heavy atom. The number of piperidine rings is 1. The van der Waals surface area contributed by atoms with Gasteiger partial charge in [0.05, 0.1) is 5.60 Å². The molecule has 4 rings (SSSR count). The van der Waals surface area contributed by atoms with Gasteiger partial charge in [0.1, 0.15) is 17.3 Å². The molecular formula is C30H41FN2O4. The lowest BCUT2D eigenvalue weighted by Crippen LogP contribution is -2.50. The Balaban J connectivity index is 1.60. The van der Waals surface area contributed by atoms with Crippen molar-refractivity contribution in [2.24, 2.45) is 17.6 Å². The Labute approximate surface area is 219 Å². The standard InChI is InChI=1S/C30H41FN2O4/c1-36-18-5-4-16-30(35,27-14-2-3-15-28(27)37-26-13-7-11-24(31)20-26)23-10-8-17-33(21-23)29(34)22-9-6-12-25(32)19-22/h2-3,7,11,13-15,20,22-23,25,35H,4-6,8-10,12,16-19,21,32H2,1H3/t22?,23-,25?,30+/m1/s1. The number of ether oxygens (including phenoxy) is 2. The third kappa shape index (κ3) is 6.89. The van der Waals surface area contributed by atoms with E-state index in [1.54, 1.807) is 19.2 Å². The SMILES string of the molecule is COCCCC[C@@](O)(c1ccccc1Oc1cccc(F)c1)[C@@H]1CCCN(C(=O)C2CCCC(N)C2)C1. The molecule has 2 aromatic rings. The van der Waals surface area contributed by atoms with E-state index in [4.69, 9.17) is 15.2 Å². The second-order valence-electron chi connectivity index (χ2n) is 10.7. The van der Waals surface area contributed by atoms with Crippen molar-refractivity contribution >= 4 is 5.91 Å². The normalized spacial score (nSPS) is 23.9. The molecule has 6 nitrogen and oxygen atoms in total. The van der Waals surface area contributed by atoms with Crippen molar-refractivity contribution < 1.29 is 23.8 Å². The van der Waals surface area contributed by atoms with Gasteiger partial charge in [0.15, 0.2) is 0 Å². The maximum Gasteiger partial charge on any atom is 0.225 e. The molecule has 1 heterocycles. The number of methoxy groups -OCH3 is 1. The number of likely N-dealkylation sites (tertiary alicyclic amines) is 1. The largest absolute Gasteiger partial charge is 0.457 e. The van der Waals surface area contributed by atoms with Gasteiger partial charge in [-0.2, -0.15) is 0 Å². The van der Waals surface area contributed by atoms with Crippen molar-refractivity contribution in [1.82, 2.24) is 4.90 Å². The first-order chi connectivity index (χ1) is 17.9. The Morgan fingerprint density at radius 3 is 2.76 bits per heavy atom. The zero-order valence-corrected chi connectivity index (χ0v) is 21.9. The zero-order chi connectivity index (χ0) is 26.3. The maximum atomic E-state index is 13.8. The predicted octanol–water partition coefficient (Wildman–Crippen LogP) is 5.38. The molecule has 1 aliphatic carbocycles. The summed E-state index contributed by atoms with van der Waals surface area (Å²) >= 11 is 0. The molecule has 4 atom stereocenters. The minimum Gasteiger partial charge on any atom is -0.457 e. The zero-order valence-electron chi connectivity index (χ0n) is 21.9. The summed E-state index contributed by atoms with van der Waals surface area (Å²) in [5.41, 5.74) is 5.64. The summed E-state index contributed by atoms with van der Waals surface area (Å²) in [4.78, 5) is 15.4. The van der Waals surface area contributed by atoms with Gasteiger partial charge in [-0.05, 0) is 69.6 Å². The molecule has 2 unspecified atom stereocenters. The van der Waals surface area contributed by atoms with E-state index in [9.17, 15) is 14.3 Å². The number of carbonyl (C=O) groups excluding carboxylic acids is 1. The van der Waals surface area contributed by atoms with Crippen LogP contribution < -0.4 is 10.5 Å². The molecule has 1 aliphatic heterocycles. The van der Waals surface area contributed by atoms with Gasteiger partial charge < -0.3 is 25.2 Å². The summed E-state index contributed by atoms with van der Waals surface area (Å²) in [6.07, 6.45) is 7.34. The van der Waals surface area contributed by atoms with Crippen LogP contribution >= 0.6 is 0 Å².